The molecule has 3 rings (SSSR count). The molecule has 0 aliphatic carbocycles. The fourth-order valence-corrected chi connectivity index (χ4v) is 5.55. The van der Waals surface area contributed by atoms with Crippen LogP contribution in [-0.4, -0.2) is 37.8 Å². The summed E-state index contributed by atoms with van der Waals surface area (Å²) in [4.78, 5) is 12.8. The second-order valence-corrected chi connectivity index (χ2v) is 9.40. The van der Waals surface area contributed by atoms with Crippen LogP contribution in [0.2, 0.25) is 10.0 Å². The van der Waals surface area contributed by atoms with Crippen molar-refractivity contribution >= 4 is 50.5 Å². The summed E-state index contributed by atoms with van der Waals surface area (Å²) >= 11 is 13.3. The molecule has 1 fully saturated rings. The molecule has 5 nitrogen and oxygen atoms in total. The van der Waals surface area contributed by atoms with Gasteiger partial charge in [-0.15, -0.1) is 11.3 Å². The number of carbonyl (C=O) groups excluding carboxylic acids is 1. The minimum atomic E-state index is -3.70. The van der Waals surface area contributed by atoms with Crippen molar-refractivity contribution in [1.82, 2.24) is 9.62 Å². The largest absolute Gasteiger partial charge is 0.349 e. The summed E-state index contributed by atoms with van der Waals surface area (Å²) in [5.74, 6) is -0.116. The number of sulfonamides is 1. The van der Waals surface area contributed by atoms with Gasteiger partial charge in [-0.25, -0.2) is 8.42 Å². The Morgan fingerprint density at radius 1 is 1.20 bits per heavy atom. The van der Waals surface area contributed by atoms with E-state index < -0.39 is 10.0 Å². The van der Waals surface area contributed by atoms with Crippen molar-refractivity contribution in [2.45, 2.75) is 23.8 Å². The van der Waals surface area contributed by atoms with Crippen molar-refractivity contribution in [3.05, 3.63) is 50.6 Å². The lowest BCUT2D eigenvalue weighted by atomic mass is 10.1. The first-order valence-electron chi connectivity index (χ1n) is 7.67. The zero-order chi connectivity index (χ0) is 18.0. The van der Waals surface area contributed by atoms with Crippen molar-refractivity contribution in [3.63, 3.8) is 0 Å². The Bertz CT molecular complexity index is 862. The molecule has 1 aromatic heterocycles. The molecule has 25 heavy (non-hydrogen) atoms. The van der Waals surface area contributed by atoms with Gasteiger partial charge in [0.1, 0.15) is 4.90 Å². The molecule has 0 radical (unpaired) electrons. The van der Waals surface area contributed by atoms with Gasteiger partial charge in [-0.2, -0.15) is 4.31 Å². The predicted molar refractivity (Wildman–Crippen MR) is 100 cm³/mol. The van der Waals surface area contributed by atoms with Gasteiger partial charge in [-0.1, -0.05) is 29.3 Å². The maximum Gasteiger partial charge on any atom is 0.261 e. The van der Waals surface area contributed by atoms with Crippen molar-refractivity contribution in [2.24, 2.45) is 0 Å². The molecular formula is C16H16Cl2N2O3S2. The fraction of sp³-hybridized carbons (Fsp3) is 0.312. The first-order valence-corrected chi connectivity index (χ1v) is 10.7. The summed E-state index contributed by atoms with van der Waals surface area (Å²) in [6, 6.07) is 7.93. The summed E-state index contributed by atoms with van der Waals surface area (Å²) in [7, 11) is -3.70. The zero-order valence-corrected chi connectivity index (χ0v) is 16.3. The number of nitrogens with one attached hydrogen (secondary N) is 1. The van der Waals surface area contributed by atoms with E-state index >= 15 is 0 Å². The van der Waals surface area contributed by atoms with Gasteiger partial charge in [0.2, 0.25) is 10.0 Å². The molecule has 1 aliphatic rings. The average molecular weight is 419 g/mol. The molecule has 9 heteroatoms. The summed E-state index contributed by atoms with van der Waals surface area (Å²) < 4.78 is 26.9. The molecule has 1 aliphatic heterocycles. The number of hydrogen-bond donors (Lipinski definition) is 1. The third-order valence-corrected chi connectivity index (χ3v) is 7.53. The van der Waals surface area contributed by atoms with E-state index in [4.69, 9.17) is 23.2 Å². The molecule has 0 unspecified atom stereocenters. The summed E-state index contributed by atoms with van der Waals surface area (Å²) in [6.07, 6.45) is 1.10. The highest BCUT2D eigenvalue weighted by molar-refractivity contribution is 7.89. The van der Waals surface area contributed by atoms with Gasteiger partial charge in [0.25, 0.3) is 5.91 Å². The van der Waals surface area contributed by atoms with Crippen LogP contribution in [0.1, 0.15) is 22.5 Å². The van der Waals surface area contributed by atoms with E-state index in [0.717, 1.165) is 0 Å². The van der Waals surface area contributed by atoms with Gasteiger partial charge in [0.15, 0.2) is 0 Å². The van der Waals surface area contributed by atoms with Gasteiger partial charge in [-0.3, -0.25) is 4.79 Å². The molecule has 134 valence electrons. The molecule has 0 bridgehead atoms. The van der Waals surface area contributed by atoms with Gasteiger partial charge in [0, 0.05) is 24.2 Å². The van der Waals surface area contributed by atoms with E-state index in [1.807, 2.05) is 11.4 Å². The van der Waals surface area contributed by atoms with Crippen LogP contribution in [0.15, 0.2) is 40.6 Å². The normalized spacial score (nSPS) is 16.7. The summed E-state index contributed by atoms with van der Waals surface area (Å²) in [6.45, 7) is 0.640. The van der Waals surface area contributed by atoms with Gasteiger partial charge in [-0.05, 0) is 42.5 Å². The Kier molecular flexibility index (Phi) is 5.70. The van der Waals surface area contributed by atoms with E-state index in [-0.39, 0.29) is 21.9 Å². The number of rotatable bonds is 4. The first kappa shape index (κ1) is 18.7. The predicted octanol–water partition coefficient (Wildman–Crippen LogP) is 3.64. The lowest BCUT2D eigenvalue weighted by molar-refractivity contribution is 0.0928. The van der Waals surface area contributed by atoms with E-state index in [1.165, 1.54) is 27.8 Å². The third kappa shape index (κ3) is 4.17. The monoisotopic (exact) mass is 418 g/mol. The minimum Gasteiger partial charge on any atom is -0.349 e. The van der Waals surface area contributed by atoms with Crippen LogP contribution >= 0.6 is 34.5 Å². The standard InChI is InChI=1S/C16H16Cl2N2O3S2/c17-11-3-4-13(18)15(10-11)25(22,23)20-7-5-12(6-8-20)19-16(21)14-2-1-9-24-14/h1-4,9-10,12H,5-8H2,(H,19,21). The zero-order valence-electron chi connectivity index (χ0n) is 13.1. The molecule has 1 aromatic carbocycles. The number of benzene rings is 1. The van der Waals surface area contributed by atoms with Crippen LogP contribution in [0, 0.1) is 0 Å². The first-order chi connectivity index (χ1) is 11.9. The van der Waals surface area contributed by atoms with Gasteiger partial charge in [0.05, 0.1) is 9.90 Å². The van der Waals surface area contributed by atoms with Crippen molar-refractivity contribution in [3.8, 4) is 0 Å². The molecule has 2 heterocycles. The Morgan fingerprint density at radius 2 is 1.92 bits per heavy atom. The number of piperidine rings is 1. The van der Waals surface area contributed by atoms with E-state index in [0.29, 0.717) is 35.8 Å². The molecule has 0 saturated carbocycles. The number of nitrogens with zero attached hydrogens (tertiary/aromatic N) is 1. The van der Waals surface area contributed by atoms with Crippen LogP contribution in [0.5, 0.6) is 0 Å². The molecule has 1 N–H and O–H groups in total. The Balaban J connectivity index is 1.65. The number of halogens is 2. The van der Waals surface area contributed by atoms with Crippen molar-refractivity contribution in [1.29, 1.82) is 0 Å². The topological polar surface area (TPSA) is 66.5 Å². The lowest BCUT2D eigenvalue weighted by Crippen LogP contribution is -2.46. The Morgan fingerprint density at radius 3 is 2.56 bits per heavy atom. The van der Waals surface area contributed by atoms with Crippen LogP contribution in [0.4, 0.5) is 0 Å². The van der Waals surface area contributed by atoms with Crippen molar-refractivity contribution in [2.75, 3.05) is 13.1 Å². The highest BCUT2D eigenvalue weighted by atomic mass is 35.5. The number of thiophene rings is 1. The average Bonchev–Trinajstić information content (AvgIpc) is 3.12. The molecule has 1 amide bonds. The number of amides is 1. The van der Waals surface area contributed by atoms with Crippen LogP contribution in [-0.2, 0) is 10.0 Å². The highest BCUT2D eigenvalue weighted by Gasteiger charge is 2.31. The second kappa shape index (κ2) is 7.63. The number of carbonyl (C=O) groups is 1. The van der Waals surface area contributed by atoms with Crippen LogP contribution < -0.4 is 5.32 Å². The van der Waals surface area contributed by atoms with Crippen LogP contribution in [0.3, 0.4) is 0 Å². The van der Waals surface area contributed by atoms with Crippen LogP contribution in [0.25, 0.3) is 0 Å². The molecular weight excluding hydrogens is 403 g/mol. The lowest BCUT2D eigenvalue weighted by Gasteiger charge is -2.31. The van der Waals surface area contributed by atoms with Gasteiger partial charge >= 0.3 is 0 Å². The quantitative estimate of drug-likeness (QED) is 0.823. The van der Waals surface area contributed by atoms with E-state index in [1.54, 1.807) is 12.1 Å². The molecule has 0 atom stereocenters. The maximum absolute atomic E-state index is 12.8. The molecule has 2 aromatic rings. The fourth-order valence-electron chi connectivity index (χ4n) is 2.72. The second-order valence-electron chi connectivity index (χ2n) is 5.70. The van der Waals surface area contributed by atoms with E-state index in [2.05, 4.69) is 5.32 Å². The van der Waals surface area contributed by atoms with Crippen molar-refractivity contribution < 1.29 is 13.2 Å². The maximum atomic E-state index is 12.8. The smallest absolute Gasteiger partial charge is 0.261 e. The molecule has 1 saturated heterocycles. The Labute approximate surface area is 160 Å². The summed E-state index contributed by atoms with van der Waals surface area (Å²) in [5.41, 5.74) is 0. The Hall–Kier alpha value is -1.12. The third-order valence-electron chi connectivity index (χ3n) is 4.05. The van der Waals surface area contributed by atoms with Gasteiger partial charge < -0.3 is 5.32 Å². The number of hydrogen-bond acceptors (Lipinski definition) is 4. The minimum absolute atomic E-state index is 0.0164. The van der Waals surface area contributed by atoms with E-state index in [9.17, 15) is 13.2 Å². The molecule has 0 spiro atoms. The highest BCUT2D eigenvalue weighted by Crippen LogP contribution is 2.29. The SMILES string of the molecule is O=C(NC1CCN(S(=O)(=O)c2cc(Cl)ccc2Cl)CC1)c1cccs1. The summed E-state index contributed by atoms with van der Waals surface area (Å²) in [5, 5.41) is 5.27.